The molecule has 3 heterocycles. The molecule has 32 heavy (non-hydrogen) atoms. The maximum absolute atomic E-state index is 13.8. The van der Waals surface area contributed by atoms with E-state index in [1.54, 1.807) is 10.7 Å². The third-order valence-electron chi connectivity index (χ3n) is 6.43. The van der Waals surface area contributed by atoms with Crippen LogP contribution in [-0.4, -0.2) is 43.4 Å². The zero-order valence-corrected chi connectivity index (χ0v) is 19.1. The fraction of sp³-hybridized carbons (Fsp3) is 0.500. The van der Waals surface area contributed by atoms with Gasteiger partial charge < -0.3 is 15.4 Å². The summed E-state index contributed by atoms with van der Waals surface area (Å²) in [5.74, 6) is 2.03. The van der Waals surface area contributed by atoms with E-state index in [2.05, 4.69) is 14.9 Å². The quantitative estimate of drug-likeness (QED) is 0.617. The van der Waals surface area contributed by atoms with Gasteiger partial charge in [0.25, 0.3) is 5.95 Å². The number of nitrogens with zero attached hydrogens (tertiary/aromatic N) is 6. The van der Waals surface area contributed by atoms with E-state index in [4.69, 9.17) is 27.2 Å². The van der Waals surface area contributed by atoms with E-state index in [0.29, 0.717) is 17.8 Å². The number of piperidine rings is 1. The third kappa shape index (κ3) is 3.73. The lowest BCUT2D eigenvalue weighted by Crippen LogP contribution is -2.49. The molecule has 1 aliphatic heterocycles. The van der Waals surface area contributed by atoms with Gasteiger partial charge in [-0.3, -0.25) is 0 Å². The monoisotopic (exact) mass is 459 g/mol. The number of hydrogen-bond acceptors (Lipinski definition) is 6. The Bertz CT molecular complexity index is 1110. The van der Waals surface area contributed by atoms with Crippen molar-refractivity contribution in [3.63, 3.8) is 0 Å². The first-order valence-corrected chi connectivity index (χ1v) is 11.3. The van der Waals surface area contributed by atoms with E-state index < -0.39 is 5.82 Å². The Hall–Kier alpha value is -2.65. The molecule has 2 aliphatic rings. The van der Waals surface area contributed by atoms with Gasteiger partial charge in [0.05, 0.1) is 12.2 Å². The van der Waals surface area contributed by atoms with Crippen LogP contribution >= 0.6 is 11.6 Å². The van der Waals surface area contributed by atoms with Crippen molar-refractivity contribution in [1.29, 1.82) is 0 Å². The van der Waals surface area contributed by atoms with Gasteiger partial charge in [0, 0.05) is 35.9 Å². The van der Waals surface area contributed by atoms with Crippen LogP contribution in [0.25, 0.3) is 5.95 Å². The number of ether oxygens (including phenoxy) is 1. The zero-order valence-electron chi connectivity index (χ0n) is 18.4. The molecule has 5 rings (SSSR count). The molecule has 2 N–H and O–H groups in total. The Labute approximate surface area is 191 Å². The Morgan fingerprint density at radius 2 is 1.91 bits per heavy atom. The SMILES string of the molecule is Cc1cnc(N2CC3CCC(C2)C3N)n1-c1nc(Oc2cc(F)cc(Cl)c2)n(C(C)C)n1. The smallest absolute Gasteiger partial charge is 0.322 e. The van der Waals surface area contributed by atoms with Crippen molar-refractivity contribution in [1.82, 2.24) is 24.3 Å². The summed E-state index contributed by atoms with van der Waals surface area (Å²) in [6.45, 7) is 7.70. The molecule has 170 valence electrons. The molecule has 2 fully saturated rings. The van der Waals surface area contributed by atoms with Crippen LogP contribution in [0, 0.1) is 24.6 Å². The summed E-state index contributed by atoms with van der Waals surface area (Å²) in [6.07, 6.45) is 4.15. The first kappa shape index (κ1) is 21.2. The lowest BCUT2D eigenvalue weighted by Gasteiger charge is -2.36. The Morgan fingerprint density at radius 3 is 2.56 bits per heavy atom. The number of halogens is 2. The number of nitrogens with two attached hydrogens (primary N) is 1. The Kier molecular flexibility index (Phi) is 5.33. The van der Waals surface area contributed by atoms with Crippen LogP contribution in [0.15, 0.2) is 24.4 Å². The zero-order chi connectivity index (χ0) is 22.6. The van der Waals surface area contributed by atoms with Crippen LogP contribution < -0.4 is 15.4 Å². The van der Waals surface area contributed by atoms with Crippen molar-refractivity contribution in [3.8, 4) is 17.7 Å². The molecule has 8 nitrogen and oxygen atoms in total. The predicted molar refractivity (Wildman–Crippen MR) is 120 cm³/mol. The van der Waals surface area contributed by atoms with E-state index in [1.807, 2.05) is 31.5 Å². The minimum atomic E-state index is -0.478. The summed E-state index contributed by atoms with van der Waals surface area (Å²) in [5, 5.41) is 4.95. The maximum atomic E-state index is 13.8. The van der Waals surface area contributed by atoms with E-state index in [9.17, 15) is 4.39 Å². The predicted octanol–water partition coefficient (Wildman–Crippen LogP) is 4.11. The van der Waals surface area contributed by atoms with Crippen LogP contribution in [0.2, 0.25) is 5.02 Å². The van der Waals surface area contributed by atoms with Gasteiger partial charge in [-0.2, -0.15) is 4.98 Å². The van der Waals surface area contributed by atoms with Gasteiger partial charge in [-0.1, -0.05) is 11.6 Å². The molecule has 1 aromatic carbocycles. The maximum Gasteiger partial charge on any atom is 0.322 e. The van der Waals surface area contributed by atoms with E-state index >= 15 is 0 Å². The van der Waals surface area contributed by atoms with Crippen LogP contribution in [0.4, 0.5) is 10.3 Å². The molecule has 0 amide bonds. The summed E-state index contributed by atoms with van der Waals surface area (Å²) < 4.78 is 23.3. The summed E-state index contributed by atoms with van der Waals surface area (Å²) in [4.78, 5) is 11.6. The number of rotatable bonds is 5. The minimum Gasteiger partial charge on any atom is -0.424 e. The van der Waals surface area contributed by atoms with Crippen molar-refractivity contribution in [2.75, 3.05) is 18.0 Å². The van der Waals surface area contributed by atoms with Gasteiger partial charge in [-0.05, 0) is 57.6 Å². The standard InChI is InChI=1S/C22H27ClFN7O/c1-12(2)31-22(32-18-7-16(23)6-17(24)8-18)27-20(28-31)30-13(3)9-26-21(30)29-10-14-4-5-15(11-29)19(14)25/h6-9,12,14-15,19H,4-5,10-11,25H2,1-3H3. The number of aryl methyl sites for hydroxylation is 1. The molecule has 1 saturated carbocycles. The fourth-order valence-electron chi connectivity index (χ4n) is 4.81. The number of anilines is 1. The van der Waals surface area contributed by atoms with Crippen LogP contribution in [-0.2, 0) is 0 Å². The fourth-order valence-corrected chi connectivity index (χ4v) is 5.03. The van der Waals surface area contributed by atoms with Gasteiger partial charge in [0.2, 0.25) is 5.95 Å². The molecular formula is C22H27ClFN7O. The van der Waals surface area contributed by atoms with E-state index in [0.717, 1.165) is 37.6 Å². The molecule has 0 spiro atoms. The number of hydrogen-bond donors (Lipinski definition) is 1. The average Bonchev–Trinajstić information content (AvgIpc) is 3.34. The van der Waals surface area contributed by atoms with Gasteiger partial charge in [-0.15, -0.1) is 5.10 Å². The van der Waals surface area contributed by atoms with Crippen molar-refractivity contribution in [2.45, 2.75) is 45.7 Å². The molecule has 2 bridgehead atoms. The number of aromatic nitrogens is 5. The topological polar surface area (TPSA) is 87.0 Å². The molecule has 0 radical (unpaired) electrons. The molecule has 2 aromatic heterocycles. The lowest BCUT2D eigenvalue weighted by atomic mass is 9.93. The second kappa shape index (κ2) is 8.04. The van der Waals surface area contributed by atoms with Gasteiger partial charge in [-0.25, -0.2) is 18.6 Å². The van der Waals surface area contributed by atoms with Crippen LogP contribution in [0.1, 0.15) is 38.4 Å². The number of benzene rings is 1. The van der Waals surface area contributed by atoms with Gasteiger partial charge >= 0.3 is 6.01 Å². The Balaban J connectivity index is 1.51. The van der Waals surface area contributed by atoms with Crippen molar-refractivity contribution in [3.05, 3.63) is 40.9 Å². The molecule has 10 heteroatoms. The normalized spacial score (nSPS) is 22.7. The van der Waals surface area contributed by atoms with Gasteiger partial charge in [0.15, 0.2) is 0 Å². The molecule has 2 atom stereocenters. The van der Waals surface area contributed by atoms with Crippen molar-refractivity contribution < 1.29 is 9.13 Å². The summed E-state index contributed by atoms with van der Waals surface area (Å²) in [7, 11) is 0. The summed E-state index contributed by atoms with van der Waals surface area (Å²) in [6, 6.07) is 4.55. The highest BCUT2D eigenvalue weighted by molar-refractivity contribution is 6.30. The summed E-state index contributed by atoms with van der Waals surface area (Å²) >= 11 is 5.98. The first-order chi connectivity index (χ1) is 15.3. The van der Waals surface area contributed by atoms with E-state index in [-0.39, 0.29) is 28.9 Å². The molecular weight excluding hydrogens is 433 g/mol. The van der Waals surface area contributed by atoms with Crippen LogP contribution in [0.5, 0.6) is 11.8 Å². The summed E-state index contributed by atoms with van der Waals surface area (Å²) in [5.41, 5.74) is 7.32. The highest BCUT2D eigenvalue weighted by atomic mass is 35.5. The largest absolute Gasteiger partial charge is 0.424 e. The average molecular weight is 460 g/mol. The molecule has 2 unspecified atom stereocenters. The molecule has 1 aliphatic carbocycles. The van der Waals surface area contributed by atoms with Crippen molar-refractivity contribution >= 4 is 17.5 Å². The highest BCUT2D eigenvalue weighted by Gasteiger charge is 2.41. The second-order valence-electron chi connectivity index (χ2n) is 9.05. The van der Waals surface area contributed by atoms with Gasteiger partial charge in [0.1, 0.15) is 11.6 Å². The molecule has 1 saturated heterocycles. The Morgan fingerprint density at radius 1 is 1.19 bits per heavy atom. The lowest BCUT2D eigenvalue weighted by molar-refractivity contribution is 0.352. The number of imidazole rings is 1. The minimum absolute atomic E-state index is 0.0219. The van der Waals surface area contributed by atoms with E-state index in [1.165, 1.54) is 12.1 Å². The first-order valence-electron chi connectivity index (χ1n) is 11.0. The van der Waals surface area contributed by atoms with Crippen LogP contribution in [0.3, 0.4) is 0 Å². The molecule has 3 aromatic rings. The number of fused-ring (bicyclic) bond motifs is 2. The second-order valence-corrected chi connectivity index (χ2v) is 9.49. The van der Waals surface area contributed by atoms with Crippen molar-refractivity contribution in [2.24, 2.45) is 17.6 Å². The highest BCUT2D eigenvalue weighted by Crippen LogP contribution is 2.38. The third-order valence-corrected chi connectivity index (χ3v) is 6.65.